The Hall–Kier alpha value is -1.14. The second-order valence-electron chi connectivity index (χ2n) is 4.46. The van der Waals surface area contributed by atoms with Crippen molar-refractivity contribution < 1.29 is 14.3 Å². The standard InChI is InChI=1S/C11H21N3O3/c1-3-7(2)9(12)11(16)14-4-5-17-8(6-14)10(13)15/h7-9H,3-6,12H2,1-2H3,(H2,13,15)/t7-,8+,9-/m0/s1. The summed E-state index contributed by atoms with van der Waals surface area (Å²) in [5.74, 6) is -0.550. The second kappa shape index (κ2) is 5.97. The molecular weight excluding hydrogens is 222 g/mol. The Morgan fingerprint density at radius 1 is 1.53 bits per heavy atom. The normalized spacial score (nSPS) is 24.2. The Bertz CT molecular complexity index is 296. The quantitative estimate of drug-likeness (QED) is 0.666. The number of hydrogen-bond acceptors (Lipinski definition) is 4. The molecule has 1 saturated heterocycles. The van der Waals surface area contributed by atoms with Crippen molar-refractivity contribution >= 4 is 11.8 Å². The first-order valence-corrected chi connectivity index (χ1v) is 5.92. The number of carbonyl (C=O) groups excluding carboxylic acids is 2. The Kier molecular flexibility index (Phi) is 4.89. The van der Waals surface area contributed by atoms with E-state index in [9.17, 15) is 9.59 Å². The van der Waals surface area contributed by atoms with Crippen LogP contribution in [0.3, 0.4) is 0 Å². The van der Waals surface area contributed by atoms with Crippen LogP contribution in [0.1, 0.15) is 20.3 Å². The summed E-state index contributed by atoms with van der Waals surface area (Å²) in [6.07, 6.45) is 0.132. The molecule has 2 amide bonds. The number of nitrogens with zero attached hydrogens (tertiary/aromatic N) is 1. The lowest BCUT2D eigenvalue weighted by molar-refractivity contribution is -0.147. The van der Waals surface area contributed by atoms with Crippen LogP contribution in [-0.2, 0) is 14.3 Å². The predicted molar refractivity (Wildman–Crippen MR) is 62.9 cm³/mol. The third-order valence-electron chi connectivity index (χ3n) is 3.24. The molecule has 0 aromatic carbocycles. The van der Waals surface area contributed by atoms with Gasteiger partial charge in [-0.05, 0) is 5.92 Å². The molecule has 6 heteroatoms. The largest absolute Gasteiger partial charge is 0.367 e. The number of rotatable bonds is 4. The van der Waals surface area contributed by atoms with Crippen LogP contribution < -0.4 is 11.5 Å². The van der Waals surface area contributed by atoms with Crippen molar-refractivity contribution in [2.45, 2.75) is 32.4 Å². The Morgan fingerprint density at radius 3 is 2.71 bits per heavy atom. The number of ether oxygens (including phenoxy) is 1. The van der Waals surface area contributed by atoms with Gasteiger partial charge in [-0.3, -0.25) is 9.59 Å². The van der Waals surface area contributed by atoms with Crippen molar-refractivity contribution in [1.82, 2.24) is 4.90 Å². The number of carbonyl (C=O) groups is 2. The third-order valence-corrected chi connectivity index (χ3v) is 3.24. The van der Waals surface area contributed by atoms with Crippen molar-refractivity contribution in [3.05, 3.63) is 0 Å². The summed E-state index contributed by atoms with van der Waals surface area (Å²) in [5, 5.41) is 0. The molecule has 1 rings (SSSR count). The average molecular weight is 243 g/mol. The molecular formula is C11H21N3O3. The molecule has 0 spiro atoms. The van der Waals surface area contributed by atoms with Crippen molar-refractivity contribution in [2.24, 2.45) is 17.4 Å². The van der Waals surface area contributed by atoms with E-state index in [2.05, 4.69) is 0 Å². The number of nitrogens with two attached hydrogens (primary N) is 2. The fourth-order valence-electron chi connectivity index (χ4n) is 1.73. The molecule has 6 nitrogen and oxygen atoms in total. The van der Waals surface area contributed by atoms with Gasteiger partial charge in [-0.2, -0.15) is 0 Å². The van der Waals surface area contributed by atoms with Gasteiger partial charge in [-0.1, -0.05) is 20.3 Å². The van der Waals surface area contributed by atoms with Crippen molar-refractivity contribution in [3.63, 3.8) is 0 Å². The van der Waals surface area contributed by atoms with Gasteiger partial charge in [0.2, 0.25) is 11.8 Å². The molecule has 0 aliphatic carbocycles. The molecule has 0 aromatic heterocycles. The first-order chi connectivity index (χ1) is 7.97. The molecule has 17 heavy (non-hydrogen) atoms. The lowest BCUT2D eigenvalue weighted by atomic mass is 9.98. The maximum absolute atomic E-state index is 12.1. The van der Waals surface area contributed by atoms with Crippen LogP contribution in [-0.4, -0.2) is 48.6 Å². The summed E-state index contributed by atoms with van der Waals surface area (Å²) in [4.78, 5) is 24.6. The van der Waals surface area contributed by atoms with E-state index in [1.165, 1.54) is 0 Å². The van der Waals surface area contributed by atoms with Crippen LogP contribution in [0.4, 0.5) is 0 Å². The molecule has 0 aromatic rings. The molecule has 98 valence electrons. The first-order valence-electron chi connectivity index (χ1n) is 5.92. The molecule has 0 radical (unpaired) electrons. The van der Waals surface area contributed by atoms with E-state index in [4.69, 9.17) is 16.2 Å². The highest BCUT2D eigenvalue weighted by Gasteiger charge is 2.31. The van der Waals surface area contributed by atoms with E-state index in [1.807, 2.05) is 13.8 Å². The van der Waals surface area contributed by atoms with E-state index < -0.39 is 18.1 Å². The van der Waals surface area contributed by atoms with Crippen molar-refractivity contribution in [1.29, 1.82) is 0 Å². The number of morpholine rings is 1. The predicted octanol–water partition coefficient (Wildman–Crippen LogP) is -0.927. The molecule has 0 unspecified atom stereocenters. The monoisotopic (exact) mass is 243 g/mol. The van der Waals surface area contributed by atoms with Crippen LogP contribution in [0, 0.1) is 5.92 Å². The SMILES string of the molecule is CC[C@H](C)[C@H](N)C(=O)N1CCO[C@@H](C(N)=O)C1. The third kappa shape index (κ3) is 3.41. The highest BCUT2D eigenvalue weighted by Crippen LogP contribution is 2.12. The zero-order chi connectivity index (χ0) is 13.0. The zero-order valence-corrected chi connectivity index (χ0v) is 10.4. The summed E-state index contributed by atoms with van der Waals surface area (Å²) >= 11 is 0. The van der Waals surface area contributed by atoms with Crippen molar-refractivity contribution in [2.75, 3.05) is 19.7 Å². The first kappa shape index (κ1) is 13.9. The van der Waals surface area contributed by atoms with Gasteiger partial charge in [0.1, 0.15) is 0 Å². The summed E-state index contributed by atoms with van der Waals surface area (Å²) in [6, 6.07) is -0.522. The van der Waals surface area contributed by atoms with E-state index in [-0.39, 0.29) is 18.4 Å². The van der Waals surface area contributed by atoms with Gasteiger partial charge >= 0.3 is 0 Å². The van der Waals surface area contributed by atoms with Gasteiger partial charge in [0, 0.05) is 6.54 Å². The van der Waals surface area contributed by atoms with E-state index in [0.717, 1.165) is 6.42 Å². The zero-order valence-electron chi connectivity index (χ0n) is 10.4. The Morgan fingerprint density at radius 2 is 2.18 bits per heavy atom. The van der Waals surface area contributed by atoms with Gasteiger partial charge in [0.25, 0.3) is 0 Å². The smallest absolute Gasteiger partial charge is 0.248 e. The summed E-state index contributed by atoms with van der Waals surface area (Å²) in [7, 11) is 0. The molecule has 0 saturated carbocycles. The minimum absolute atomic E-state index is 0.123. The molecule has 0 bridgehead atoms. The highest BCUT2D eigenvalue weighted by molar-refractivity contribution is 5.84. The van der Waals surface area contributed by atoms with Gasteiger partial charge in [-0.25, -0.2) is 0 Å². The number of hydrogen-bond donors (Lipinski definition) is 2. The summed E-state index contributed by atoms with van der Waals surface area (Å²) < 4.78 is 5.18. The summed E-state index contributed by atoms with van der Waals surface area (Å²) in [6.45, 7) is 4.93. The summed E-state index contributed by atoms with van der Waals surface area (Å²) in [5.41, 5.74) is 11.0. The van der Waals surface area contributed by atoms with Crippen LogP contribution in [0.15, 0.2) is 0 Å². The number of primary amides is 1. The molecule has 1 aliphatic heterocycles. The average Bonchev–Trinajstić information content (AvgIpc) is 2.36. The minimum Gasteiger partial charge on any atom is -0.367 e. The molecule has 1 aliphatic rings. The molecule has 1 fully saturated rings. The van der Waals surface area contributed by atoms with Crippen LogP contribution in [0.25, 0.3) is 0 Å². The van der Waals surface area contributed by atoms with Crippen LogP contribution >= 0.6 is 0 Å². The Labute approximate surface area is 101 Å². The van der Waals surface area contributed by atoms with E-state index >= 15 is 0 Å². The Balaban J connectivity index is 2.60. The molecule has 3 atom stereocenters. The molecule has 4 N–H and O–H groups in total. The van der Waals surface area contributed by atoms with Gasteiger partial charge < -0.3 is 21.1 Å². The van der Waals surface area contributed by atoms with Crippen molar-refractivity contribution in [3.8, 4) is 0 Å². The van der Waals surface area contributed by atoms with E-state index in [0.29, 0.717) is 13.2 Å². The van der Waals surface area contributed by atoms with Gasteiger partial charge in [-0.15, -0.1) is 0 Å². The minimum atomic E-state index is -0.711. The van der Waals surface area contributed by atoms with Gasteiger partial charge in [0.05, 0.1) is 19.2 Å². The topological polar surface area (TPSA) is 98.7 Å². The van der Waals surface area contributed by atoms with Gasteiger partial charge in [0.15, 0.2) is 6.10 Å². The second-order valence-corrected chi connectivity index (χ2v) is 4.46. The van der Waals surface area contributed by atoms with E-state index in [1.54, 1.807) is 4.90 Å². The lowest BCUT2D eigenvalue weighted by Crippen LogP contribution is -2.55. The maximum atomic E-state index is 12.1. The highest BCUT2D eigenvalue weighted by atomic mass is 16.5. The van der Waals surface area contributed by atoms with Crippen LogP contribution in [0.5, 0.6) is 0 Å². The fraction of sp³-hybridized carbons (Fsp3) is 0.818. The molecule has 1 heterocycles. The maximum Gasteiger partial charge on any atom is 0.248 e. The lowest BCUT2D eigenvalue weighted by Gasteiger charge is -2.34. The fourth-order valence-corrected chi connectivity index (χ4v) is 1.73. The number of amides is 2. The van der Waals surface area contributed by atoms with Crippen LogP contribution in [0.2, 0.25) is 0 Å².